The summed E-state index contributed by atoms with van der Waals surface area (Å²) in [4.78, 5) is 15.9. The van der Waals surface area contributed by atoms with Gasteiger partial charge in [0.15, 0.2) is 11.4 Å². The van der Waals surface area contributed by atoms with Crippen LogP contribution in [0.2, 0.25) is 0 Å². The number of amides is 1. The highest BCUT2D eigenvalue weighted by atomic mass is 16.5. The summed E-state index contributed by atoms with van der Waals surface area (Å²) in [6, 6.07) is 3.49. The van der Waals surface area contributed by atoms with Crippen molar-refractivity contribution in [1.82, 2.24) is 10.3 Å². The molecule has 0 spiro atoms. The third kappa shape index (κ3) is 4.40. The Balaban J connectivity index is 2.71. The smallest absolute Gasteiger partial charge is 0.273 e. The number of hydrogen-bond acceptors (Lipinski definition) is 4. The van der Waals surface area contributed by atoms with Gasteiger partial charge in [-0.25, -0.2) is 4.98 Å². The van der Waals surface area contributed by atoms with Crippen LogP contribution in [0.25, 0.3) is 0 Å². The van der Waals surface area contributed by atoms with Crippen LogP contribution in [0.5, 0.6) is 5.75 Å². The second-order valence-electron chi connectivity index (χ2n) is 3.91. The van der Waals surface area contributed by atoms with Gasteiger partial charge < -0.3 is 15.8 Å². The number of hydrogen-bond donors (Lipinski definition) is 2. The lowest BCUT2D eigenvalue weighted by molar-refractivity contribution is 0.0942. The number of aromatic nitrogens is 1. The molecule has 1 amide bonds. The normalized spacial score (nSPS) is 10.4. The van der Waals surface area contributed by atoms with Crippen molar-refractivity contribution in [2.75, 3.05) is 13.1 Å². The molecule has 0 aliphatic heterocycles. The maximum Gasteiger partial charge on any atom is 0.273 e. The van der Waals surface area contributed by atoms with Crippen LogP contribution in [-0.4, -0.2) is 30.1 Å². The van der Waals surface area contributed by atoms with Gasteiger partial charge in [-0.05, 0) is 38.9 Å². The summed E-state index contributed by atoms with van der Waals surface area (Å²) < 4.78 is 5.52. The molecule has 0 unspecified atom stereocenters. The van der Waals surface area contributed by atoms with Crippen molar-refractivity contribution in [3.8, 4) is 5.75 Å². The van der Waals surface area contributed by atoms with Crippen LogP contribution in [0.3, 0.4) is 0 Å². The zero-order valence-corrected chi connectivity index (χ0v) is 10.3. The molecule has 0 atom stereocenters. The van der Waals surface area contributed by atoms with Crippen molar-refractivity contribution in [2.45, 2.75) is 26.4 Å². The summed E-state index contributed by atoms with van der Waals surface area (Å²) in [6.07, 6.45) is 2.33. The number of nitrogens with one attached hydrogen (secondary N) is 1. The summed E-state index contributed by atoms with van der Waals surface area (Å²) in [6.45, 7) is 4.91. The third-order valence-corrected chi connectivity index (χ3v) is 2.01. The number of carbonyl (C=O) groups is 1. The van der Waals surface area contributed by atoms with Gasteiger partial charge in [-0.2, -0.15) is 0 Å². The van der Waals surface area contributed by atoms with Crippen molar-refractivity contribution < 1.29 is 9.53 Å². The molecule has 0 fully saturated rings. The van der Waals surface area contributed by atoms with Crippen molar-refractivity contribution >= 4 is 5.91 Å². The second-order valence-corrected chi connectivity index (χ2v) is 3.91. The number of nitrogens with zero attached hydrogens (tertiary/aromatic N) is 1. The fraction of sp³-hybridized carbons (Fsp3) is 0.500. The first kappa shape index (κ1) is 13.4. The molecule has 0 saturated carbocycles. The molecule has 5 nitrogen and oxygen atoms in total. The summed E-state index contributed by atoms with van der Waals surface area (Å²) in [7, 11) is 0. The topological polar surface area (TPSA) is 77.2 Å². The third-order valence-electron chi connectivity index (χ3n) is 2.01. The van der Waals surface area contributed by atoms with Gasteiger partial charge in [0, 0.05) is 12.7 Å². The number of rotatable bonds is 6. The first-order chi connectivity index (χ1) is 8.15. The molecule has 94 valence electrons. The molecule has 0 aliphatic rings. The Hall–Kier alpha value is -1.62. The van der Waals surface area contributed by atoms with Gasteiger partial charge >= 0.3 is 0 Å². The van der Waals surface area contributed by atoms with E-state index in [1.807, 2.05) is 13.8 Å². The average molecular weight is 237 g/mol. The van der Waals surface area contributed by atoms with Gasteiger partial charge in [-0.1, -0.05) is 0 Å². The average Bonchev–Trinajstić information content (AvgIpc) is 2.29. The molecule has 1 heterocycles. The zero-order valence-electron chi connectivity index (χ0n) is 10.3. The molecule has 3 N–H and O–H groups in total. The predicted octanol–water partition coefficient (Wildman–Crippen LogP) is 0.947. The molecular formula is C12H19N3O2. The van der Waals surface area contributed by atoms with E-state index >= 15 is 0 Å². The molecule has 17 heavy (non-hydrogen) atoms. The van der Waals surface area contributed by atoms with Crippen LogP contribution in [-0.2, 0) is 0 Å². The van der Waals surface area contributed by atoms with Crippen molar-refractivity contribution in [2.24, 2.45) is 5.73 Å². The Bertz CT molecular complexity index is 367. The highest BCUT2D eigenvalue weighted by molar-refractivity contribution is 5.94. The van der Waals surface area contributed by atoms with Crippen molar-refractivity contribution in [3.63, 3.8) is 0 Å². The number of nitrogens with two attached hydrogens (primary N) is 1. The lowest BCUT2D eigenvalue weighted by Crippen LogP contribution is -2.27. The first-order valence-electron chi connectivity index (χ1n) is 5.75. The van der Waals surface area contributed by atoms with Gasteiger partial charge in [-0.15, -0.1) is 0 Å². The Labute approximate surface area is 101 Å². The fourth-order valence-electron chi connectivity index (χ4n) is 1.30. The largest absolute Gasteiger partial charge is 0.489 e. The minimum absolute atomic E-state index is 0.00907. The number of pyridine rings is 1. The van der Waals surface area contributed by atoms with Crippen LogP contribution in [0, 0.1) is 0 Å². The first-order valence-corrected chi connectivity index (χ1v) is 5.75. The maximum absolute atomic E-state index is 11.8. The Morgan fingerprint density at radius 2 is 2.35 bits per heavy atom. The van der Waals surface area contributed by atoms with Gasteiger partial charge in [0.25, 0.3) is 5.91 Å². The van der Waals surface area contributed by atoms with Crippen LogP contribution in [0.1, 0.15) is 30.8 Å². The maximum atomic E-state index is 11.8. The highest BCUT2D eigenvalue weighted by Gasteiger charge is 2.13. The van der Waals surface area contributed by atoms with Crippen LogP contribution in [0.15, 0.2) is 18.3 Å². The summed E-state index contributed by atoms with van der Waals surface area (Å²) >= 11 is 0. The van der Waals surface area contributed by atoms with Gasteiger partial charge in [0.2, 0.25) is 0 Å². The molecule has 0 bridgehead atoms. The lowest BCUT2D eigenvalue weighted by atomic mass is 10.3. The quantitative estimate of drug-likeness (QED) is 0.722. The molecule has 1 aromatic rings. The van der Waals surface area contributed by atoms with Crippen LogP contribution < -0.4 is 15.8 Å². The molecule has 0 saturated heterocycles. The Morgan fingerprint density at radius 1 is 1.59 bits per heavy atom. The van der Waals surface area contributed by atoms with E-state index in [1.54, 1.807) is 18.3 Å². The van der Waals surface area contributed by atoms with Crippen LogP contribution in [0.4, 0.5) is 0 Å². The van der Waals surface area contributed by atoms with E-state index in [2.05, 4.69) is 10.3 Å². The SMILES string of the molecule is CC(C)Oc1cccnc1C(=O)NCCCN. The molecule has 0 aromatic carbocycles. The number of ether oxygens (including phenoxy) is 1. The standard InChI is InChI=1S/C12H19N3O2/c1-9(2)17-10-5-3-7-14-11(10)12(16)15-8-4-6-13/h3,5,7,9H,4,6,8,13H2,1-2H3,(H,15,16). The van der Waals surface area contributed by atoms with E-state index in [1.165, 1.54) is 0 Å². The predicted molar refractivity (Wildman–Crippen MR) is 66.0 cm³/mol. The van der Waals surface area contributed by atoms with E-state index in [4.69, 9.17) is 10.5 Å². The van der Waals surface area contributed by atoms with E-state index in [9.17, 15) is 4.79 Å². The summed E-state index contributed by atoms with van der Waals surface area (Å²) in [5, 5.41) is 2.75. The van der Waals surface area contributed by atoms with Crippen molar-refractivity contribution in [1.29, 1.82) is 0 Å². The van der Waals surface area contributed by atoms with Gasteiger partial charge in [0.05, 0.1) is 6.10 Å². The van der Waals surface area contributed by atoms with E-state index in [-0.39, 0.29) is 12.0 Å². The van der Waals surface area contributed by atoms with Gasteiger partial charge in [0.1, 0.15) is 0 Å². The lowest BCUT2D eigenvalue weighted by Gasteiger charge is -2.12. The fourth-order valence-corrected chi connectivity index (χ4v) is 1.30. The second kappa shape index (κ2) is 6.85. The summed E-state index contributed by atoms with van der Waals surface area (Å²) in [5.41, 5.74) is 5.68. The molecule has 1 aromatic heterocycles. The minimum atomic E-state index is -0.227. The zero-order chi connectivity index (χ0) is 12.7. The molecule has 0 radical (unpaired) electrons. The molecular weight excluding hydrogens is 218 g/mol. The molecule has 0 aliphatic carbocycles. The van der Waals surface area contributed by atoms with E-state index < -0.39 is 0 Å². The molecule has 1 rings (SSSR count). The van der Waals surface area contributed by atoms with Gasteiger partial charge in [-0.3, -0.25) is 4.79 Å². The highest BCUT2D eigenvalue weighted by Crippen LogP contribution is 2.16. The van der Waals surface area contributed by atoms with E-state index in [0.717, 1.165) is 6.42 Å². The summed E-state index contributed by atoms with van der Waals surface area (Å²) in [5.74, 6) is 0.280. The Kier molecular flexibility index (Phi) is 5.42. The Morgan fingerprint density at radius 3 is 3.00 bits per heavy atom. The van der Waals surface area contributed by atoms with E-state index in [0.29, 0.717) is 24.5 Å². The monoisotopic (exact) mass is 237 g/mol. The molecule has 5 heteroatoms. The number of carbonyl (C=O) groups excluding carboxylic acids is 1. The minimum Gasteiger partial charge on any atom is -0.489 e. The van der Waals surface area contributed by atoms with Crippen LogP contribution >= 0.6 is 0 Å². The van der Waals surface area contributed by atoms with Crippen molar-refractivity contribution in [3.05, 3.63) is 24.0 Å².